The first-order chi connectivity index (χ1) is 29.6. The van der Waals surface area contributed by atoms with E-state index in [2.05, 4.69) is 38.1 Å². The summed E-state index contributed by atoms with van der Waals surface area (Å²) in [6, 6.07) is 60.9. The van der Waals surface area contributed by atoms with E-state index < -0.39 is 0 Å². The van der Waals surface area contributed by atoms with Crippen LogP contribution in [0.3, 0.4) is 0 Å². The highest BCUT2D eigenvalue weighted by molar-refractivity contribution is 6.09. The molecule has 8 aromatic carbocycles. The first-order valence-corrected chi connectivity index (χ1v) is 20.1. The lowest BCUT2D eigenvalue weighted by molar-refractivity contribution is 0.103. The van der Waals surface area contributed by atoms with Crippen LogP contribution in [0.1, 0.15) is 62.4 Å². The van der Waals surface area contributed by atoms with Crippen LogP contribution in [0.5, 0.6) is 40.2 Å². The number of para-hydroxylation sites is 2. The van der Waals surface area contributed by atoms with Gasteiger partial charge >= 0.3 is 0 Å². The zero-order valence-electron chi connectivity index (χ0n) is 34.4. The van der Waals surface area contributed by atoms with E-state index in [1.165, 1.54) is 0 Å². The standard InChI is InChI=1S/C55H44O6/c1-37-13-15-38(16-14-37)53(56)39-17-27-44(28-18-39)59-46-33-23-42(24-34-46)55(2,3)43-25-35-47(36-26-43)60-45-29-19-40(20-30-45)54(57)41-21-31-48(32-22-41)61-52-12-8-6-10-50(52)49-9-5-7-11-51(49)58-4/h5-36H,1-4H3. The van der Waals surface area contributed by atoms with Gasteiger partial charge < -0.3 is 18.9 Å². The van der Waals surface area contributed by atoms with E-state index in [0.717, 1.165) is 33.6 Å². The van der Waals surface area contributed by atoms with Crippen LogP contribution < -0.4 is 18.9 Å². The number of benzene rings is 8. The fourth-order valence-corrected chi connectivity index (χ4v) is 7.15. The maximum Gasteiger partial charge on any atom is 0.193 e. The number of carbonyl (C=O) groups excluding carboxylic acids is 2. The van der Waals surface area contributed by atoms with Gasteiger partial charge in [0.15, 0.2) is 11.6 Å². The lowest BCUT2D eigenvalue weighted by Gasteiger charge is -2.26. The Labute approximate surface area is 356 Å². The molecule has 6 nitrogen and oxygen atoms in total. The van der Waals surface area contributed by atoms with Gasteiger partial charge in [0.2, 0.25) is 0 Å². The Morgan fingerprint density at radius 3 is 1.08 bits per heavy atom. The van der Waals surface area contributed by atoms with Crippen LogP contribution in [0, 0.1) is 6.92 Å². The average Bonchev–Trinajstić information content (AvgIpc) is 3.30. The molecule has 0 heterocycles. The lowest BCUT2D eigenvalue weighted by Crippen LogP contribution is -2.18. The van der Waals surface area contributed by atoms with Crippen LogP contribution in [0.25, 0.3) is 11.1 Å². The maximum absolute atomic E-state index is 13.4. The molecule has 0 unspecified atom stereocenters. The van der Waals surface area contributed by atoms with Gasteiger partial charge in [0.05, 0.1) is 7.11 Å². The van der Waals surface area contributed by atoms with Crippen molar-refractivity contribution in [3.8, 4) is 51.4 Å². The molecule has 8 rings (SSSR count). The van der Waals surface area contributed by atoms with Gasteiger partial charge in [0, 0.05) is 38.8 Å². The fraction of sp³-hybridized carbons (Fsp3) is 0.0909. The molecule has 6 heteroatoms. The van der Waals surface area contributed by atoms with Crippen LogP contribution in [0.2, 0.25) is 0 Å². The highest BCUT2D eigenvalue weighted by Crippen LogP contribution is 2.39. The lowest BCUT2D eigenvalue weighted by atomic mass is 9.78. The van der Waals surface area contributed by atoms with Crippen LogP contribution in [0.4, 0.5) is 0 Å². The van der Waals surface area contributed by atoms with Crippen molar-refractivity contribution in [2.45, 2.75) is 26.2 Å². The molecule has 0 saturated heterocycles. The molecule has 0 radical (unpaired) electrons. The SMILES string of the molecule is COc1ccccc1-c1ccccc1Oc1ccc(C(=O)c2ccc(Oc3ccc(C(C)(C)c4ccc(Oc5ccc(C(=O)c6ccc(C)cc6)cc5)cc4)cc3)cc2)cc1. The molecule has 0 fully saturated rings. The summed E-state index contributed by atoms with van der Waals surface area (Å²) in [6.07, 6.45) is 0. The first kappa shape index (κ1) is 40.1. The van der Waals surface area contributed by atoms with Crippen LogP contribution in [-0.4, -0.2) is 18.7 Å². The molecule has 0 N–H and O–H groups in total. The second-order valence-electron chi connectivity index (χ2n) is 15.3. The molecule has 0 amide bonds. The van der Waals surface area contributed by atoms with Crippen LogP contribution in [-0.2, 0) is 5.41 Å². The van der Waals surface area contributed by atoms with Gasteiger partial charge in [-0.3, -0.25) is 9.59 Å². The number of methoxy groups -OCH3 is 1. The van der Waals surface area contributed by atoms with Crippen molar-refractivity contribution in [3.63, 3.8) is 0 Å². The highest BCUT2D eigenvalue weighted by Gasteiger charge is 2.23. The van der Waals surface area contributed by atoms with Crippen LogP contribution >= 0.6 is 0 Å². The minimum atomic E-state index is -0.290. The fourth-order valence-electron chi connectivity index (χ4n) is 7.15. The van der Waals surface area contributed by atoms with E-state index in [1.54, 1.807) is 67.8 Å². The van der Waals surface area contributed by atoms with Gasteiger partial charge in [-0.1, -0.05) is 104 Å². The van der Waals surface area contributed by atoms with Gasteiger partial charge in [-0.2, -0.15) is 0 Å². The smallest absolute Gasteiger partial charge is 0.193 e. The van der Waals surface area contributed by atoms with Crippen molar-refractivity contribution in [2.75, 3.05) is 7.11 Å². The van der Waals surface area contributed by atoms with Gasteiger partial charge in [0.25, 0.3) is 0 Å². The Morgan fingerprint density at radius 1 is 0.377 bits per heavy atom. The summed E-state index contributed by atoms with van der Waals surface area (Å²) in [5, 5.41) is 0. The van der Waals surface area contributed by atoms with Crippen molar-refractivity contribution >= 4 is 11.6 Å². The first-order valence-electron chi connectivity index (χ1n) is 20.1. The van der Waals surface area contributed by atoms with E-state index in [0.29, 0.717) is 56.8 Å². The van der Waals surface area contributed by atoms with E-state index >= 15 is 0 Å². The Kier molecular flexibility index (Phi) is 11.6. The van der Waals surface area contributed by atoms with Gasteiger partial charge in [-0.05, 0) is 127 Å². The Hall–Kier alpha value is -7.70. The summed E-state index contributed by atoms with van der Waals surface area (Å²) >= 11 is 0. The molecule has 0 spiro atoms. The van der Waals surface area contributed by atoms with E-state index in [9.17, 15) is 9.59 Å². The minimum Gasteiger partial charge on any atom is -0.496 e. The third kappa shape index (κ3) is 9.14. The molecule has 0 aliphatic heterocycles. The average molecular weight is 801 g/mol. The normalized spacial score (nSPS) is 11.1. The number of rotatable bonds is 14. The number of hydrogen-bond donors (Lipinski definition) is 0. The van der Waals surface area contributed by atoms with Crippen molar-refractivity contribution < 1.29 is 28.5 Å². The van der Waals surface area contributed by atoms with E-state index in [4.69, 9.17) is 18.9 Å². The van der Waals surface area contributed by atoms with Gasteiger partial charge in [-0.15, -0.1) is 0 Å². The van der Waals surface area contributed by atoms with Crippen molar-refractivity contribution in [1.82, 2.24) is 0 Å². The Bertz CT molecular complexity index is 2770. The molecule has 0 aromatic heterocycles. The summed E-state index contributed by atoms with van der Waals surface area (Å²) in [5.41, 5.74) is 7.31. The Morgan fingerprint density at radius 2 is 0.689 bits per heavy atom. The van der Waals surface area contributed by atoms with Crippen molar-refractivity contribution in [3.05, 3.63) is 233 Å². The summed E-state index contributed by atoms with van der Waals surface area (Å²) in [6.45, 7) is 6.37. The number of ketones is 2. The summed E-state index contributed by atoms with van der Waals surface area (Å²) in [7, 11) is 1.65. The third-order valence-corrected chi connectivity index (χ3v) is 10.8. The predicted molar refractivity (Wildman–Crippen MR) is 241 cm³/mol. The summed E-state index contributed by atoms with van der Waals surface area (Å²) in [5.74, 6) is 4.63. The van der Waals surface area contributed by atoms with E-state index in [-0.39, 0.29) is 17.0 Å². The predicted octanol–water partition coefficient (Wildman–Crippen LogP) is 13.8. The molecular formula is C55H44O6. The third-order valence-electron chi connectivity index (χ3n) is 10.8. The zero-order valence-corrected chi connectivity index (χ0v) is 34.4. The molecule has 0 aliphatic carbocycles. The summed E-state index contributed by atoms with van der Waals surface area (Å²) in [4.78, 5) is 26.3. The number of carbonyl (C=O) groups is 2. The minimum absolute atomic E-state index is 0.0179. The van der Waals surface area contributed by atoms with Crippen molar-refractivity contribution in [1.29, 1.82) is 0 Å². The van der Waals surface area contributed by atoms with Gasteiger partial charge in [0.1, 0.15) is 40.2 Å². The van der Waals surface area contributed by atoms with Crippen molar-refractivity contribution in [2.24, 2.45) is 0 Å². The van der Waals surface area contributed by atoms with Crippen LogP contribution in [0.15, 0.2) is 194 Å². The number of hydrogen-bond acceptors (Lipinski definition) is 6. The van der Waals surface area contributed by atoms with Gasteiger partial charge in [-0.25, -0.2) is 0 Å². The topological polar surface area (TPSA) is 71.1 Å². The van der Waals surface area contributed by atoms with E-state index in [1.807, 2.05) is 116 Å². The Balaban J connectivity index is 0.857. The molecule has 300 valence electrons. The second kappa shape index (κ2) is 17.7. The quantitative estimate of drug-likeness (QED) is 0.102. The zero-order chi connectivity index (χ0) is 42.3. The second-order valence-corrected chi connectivity index (χ2v) is 15.3. The highest BCUT2D eigenvalue weighted by atomic mass is 16.5. The molecule has 0 saturated carbocycles. The molecule has 8 aromatic rings. The molecule has 0 aliphatic rings. The monoisotopic (exact) mass is 800 g/mol. The molecule has 0 atom stereocenters. The number of aryl methyl sites for hydroxylation is 1. The number of ether oxygens (including phenoxy) is 4. The summed E-state index contributed by atoms with van der Waals surface area (Å²) < 4.78 is 24.1. The molecular weight excluding hydrogens is 757 g/mol. The largest absolute Gasteiger partial charge is 0.496 e. The molecule has 61 heavy (non-hydrogen) atoms. The molecule has 0 bridgehead atoms. The maximum atomic E-state index is 13.4.